The van der Waals surface area contributed by atoms with Gasteiger partial charge in [-0.15, -0.1) is 0 Å². The lowest BCUT2D eigenvalue weighted by Crippen LogP contribution is -2.60. The highest BCUT2D eigenvalue weighted by atomic mass is 16.4. The molecule has 0 spiro atoms. The number of carbonyl (C=O) groups excluding carboxylic acids is 1. The maximum Gasteiger partial charge on any atom is 0.329 e. The van der Waals surface area contributed by atoms with Crippen LogP contribution in [0.5, 0.6) is 0 Å². The Morgan fingerprint density at radius 1 is 1.35 bits per heavy atom. The Hall–Kier alpha value is -1.06. The molecule has 4 heteroatoms. The van der Waals surface area contributed by atoms with Crippen LogP contribution >= 0.6 is 0 Å². The molecule has 1 rings (SSSR count). The van der Waals surface area contributed by atoms with Crippen LogP contribution in [-0.4, -0.2) is 22.5 Å². The predicted molar refractivity (Wildman–Crippen MR) is 65.7 cm³/mol. The fourth-order valence-corrected chi connectivity index (χ4v) is 2.23. The summed E-state index contributed by atoms with van der Waals surface area (Å²) in [5.41, 5.74) is -0.962. The van der Waals surface area contributed by atoms with Crippen LogP contribution in [0.2, 0.25) is 0 Å². The molecule has 1 amide bonds. The van der Waals surface area contributed by atoms with E-state index in [-0.39, 0.29) is 11.8 Å². The Kier molecular flexibility index (Phi) is 4.97. The van der Waals surface area contributed by atoms with Crippen LogP contribution in [-0.2, 0) is 9.59 Å². The molecule has 0 aromatic heterocycles. The Bertz CT molecular complexity index is 284. The van der Waals surface area contributed by atoms with E-state index in [2.05, 4.69) is 12.2 Å². The van der Waals surface area contributed by atoms with Gasteiger partial charge < -0.3 is 10.4 Å². The van der Waals surface area contributed by atoms with E-state index in [1.165, 1.54) is 0 Å². The maximum atomic E-state index is 12.0. The lowest BCUT2D eigenvalue weighted by atomic mass is 9.76. The van der Waals surface area contributed by atoms with Crippen molar-refractivity contribution in [1.29, 1.82) is 0 Å². The molecule has 1 aliphatic rings. The zero-order valence-corrected chi connectivity index (χ0v) is 10.8. The molecule has 0 saturated heterocycles. The van der Waals surface area contributed by atoms with E-state index in [1.807, 2.05) is 6.92 Å². The summed E-state index contributed by atoms with van der Waals surface area (Å²) in [6.07, 6.45) is 5.74. The Morgan fingerprint density at radius 3 is 2.35 bits per heavy atom. The minimum absolute atomic E-state index is 0.0354. The topological polar surface area (TPSA) is 66.4 Å². The van der Waals surface area contributed by atoms with Crippen LogP contribution in [0.25, 0.3) is 0 Å². The summed E-state index contributed by atoms with van der Waals surface area (Å²) in [5, 5.41) is 11.9. The maximum absolute atomic E-state index is 12.0. The molecule has 1 unspecified atom stereocenters. The van der Waals surface area contributed by atoms with Gasteiger partial charge in [0.15, 0.2) is 0 Å². The number of carboxylic acid groups (broad SMARTS) is 1. The number of hydrogen-bond acceptors (Lipinski definition) is 2. The third kappa shape index (κ3) is 3.20. The van der Waals surface area contributed by atoms with Gasteiger partial charge in [0.05, 0.1) is 0 Å². The SMILES string of the molecule is CCCCC(CC)C(=O)NC1(C(=O)O)CCC1. The van der Waals surface area contributed by atoms with Crippen LogP contribution < -0.4 is 5.32 Å². The summed E-state index contributed by atoms with van der Waals surface area (Å²) in [6.45, 7) is 4.07. The minimum atomic E-state index is -0.962. The molecule has 0 bridgehead atoms. The zero-order valence-electron chi connectivity index (χ0n) is 10.8. The molecule has 4 nitrogen and oxygen atoms in total. The monoisotopic (exact) mass is 241 g/mol. The van der Waals surface area contributed by atoms with Crippen LogP contribution in [0, 0.1) is 5.92 Å². The number of carbonyl (C=O) groups is 2. The summed E-state index contributed by atoms with van der Waals surface area (Å²) in [4.78, 5) is 23.2. The predicted octanol–water partition coefficient (Wildman–Crippen LogP) is 2.33. The second-order valence-electron chi connectivity index (χ2n) is 4.98. The van der Waals surface area contributed by atoms with Crippen molar-refractivity contribution in [3.63, 3.8) is 0 Å². The van der Waals surface area contributed by atoms with Gasteiger partial charge in [0.1, 0.15) is 5.54 Å². The molecule has 0 aromatic carbocycles. The number of unbranched alkanes of at least 4 members (excludes halogenated alkanes) is 1. The Labute approximate surface area is 103 Å². The second kappa shape index (κ2) is 6.03. The van der Waals surface area contributed by atoms with Crippen molar-refractivity contribution in [3.8, 4) is 0 Å². The van der Waals surface area contributed by atoms with Gasteiger partial charge in [-0.25, -0.2) is 4.79 Å². The van der Waals surface area contributed by atoms with Crippen molar-refractivity contribution in [2.75, 3.05) is 0 Å². The number of amides is 1. The quantitative estimate of drug-likeness (QED) is 0.719. The molecule has 0 heterocycles. The molecule has 1 aliphatic carbocycles. The lowest BCUT2D eigenvalue weighted by Gasteiger charge is -2.39. The lowest BCUT2D eigenvalue weighted by molar-refractivity contribution is -0.152. The van der Waals surface area contributed by atoms with Gasteiger partial charge in [-0.1, -0.05) is 26.7 Å². The smallest absolute Gasteiger partial charge is 0.329 e. The number of nitrogens with one attached hydrogen (secondary N) is 1. The number of rotatable bonds is 7. The first-order valence-electron chi connectivity index (χ1n) is 6.61. The van der Waals surface area contributed by atoms with Gasteiger partial charge in [0, 0.05) is 5.92 Å². The normalized spacial score (nSPS) is 19.2. The van der Waals surface area contributed by atoms with Crippen LogP contribution in [0.1, 0.15) is 58.8 Å². The first-order valence-corrected chi connectivity index (χ1v) is 6.61. The van der Waals surface area contributed by atoms with Crippen molar-refractivity contribution >= 4 is 11.9 Å². The average molecular weight is 241 g/mol. The Balaban J connectivity index is 2.54. The highest BCUT2D eigenvalue weighted by molar-refractivity contribution is 5.88. The van der Waals surface area contributed by atoms with E-state index in [0.29, 0.717) is 12.8 Å². The van der Waals surface area contributed by atoms with Gasteiger partial charge >= 0.3 is 5.97 Å². The molecule has 0 radical (unpaired) electrons. The summed E-state index contributed by atoms with van der Waals surface area (Å²) < 4.78 is 0. The summed E-state index contributed by atoms with van der Waals surface area (Å²) >= 11 is 0. The highest BCUT2D eigenvalue weighted by Crippen LogP contribution is 2.32. The molecule has 17 heavy (non-hydrogen) atoms. The first kappa shape index (κ1) is 14.0. The summed E-state index contributed by atoms with van der Waals surface area (Å²) in [5.74, 6) is -1.00. The van der Waals surface area contributed by atoms with Crippen molar-refractivity contribution in [1.82, 2.24) is 5.32 Å². The molecule has 1 saturated carbocycles. The van der Waals surface area contributed by atoms with Crippen molar-refractivity contribution in [2.24, 2.45) is 5.92 Å². The molecule has 0 aliphatic heterocycles. The van der Waals surface area contributed by atoms with Gasteiger partial charge in [-0.3, -0.25) is 4.79 Å². The standard InChI is InChI=1S/C13H23NO3/c1-3-5-7-10(4-2)11(15)14-13(12(16)17)8-6-9-13/h10H,3-9H2,1-2H3,(H,14,15)(H,16,17). The molecule has 1 atom stereocenters. The van der Waals surface area contributed by atoms with Gasteiger partial charge in [0.2, 0.25) is 5.91 Å². The molecular weight excluding hydrogens is 218 g/mol. The van der Waals surface area contributed by atoms with Crippen molar-refractivity contribution in [3.05, 3.63) is 0 Å². The number of hydrogen-bond donors (Lipinski definition) is 2. The van der Waals surface area contributed by atoms with E-state index >= 15 is 0 Å². The fourth-order valence-electron chi connectivity index (χ4n) is 2.23. The highest BCUT2D eigenvalue weighted by Gasteiger charge is 2.46. The van der Waals surface area contributed by atoms with Crippen LogP contribution in [0.3, 0.4) is 0 Å². The van der Waals surface area contributed by atoms with E-state index in [9.17, 15) is 9.59 Å². The second-order valence-corrected chi connectivity index (χ2v) is 4.98. The third-order valence-electron chi connectivity index (χ3n) is 3.75. The van der Waals surface area contributed by atoms with Crippen LogP contribution in [0.15, 0.2) is 0 Å². The van der Waals surface area contributed by atoms with E-state index in [4.69, 9.17) is 5.11 Å². The average Bonchev–Trinajstić information content (AvgIpc) is 2.24. The van der Waals surface area contributed by atoms with Gasteiger partial charge in [0.25, 0.3) is 0 Å². The third-order valence-corrected chi connectivity index (χ3v) is 3.75. The van der Waals surface area contributed by atoms with E-state index < -0.39 is 11.5 Å². The molecule has 98 valence electrons. The number of aliphatic carboxylic acids is 1. The van der Waals surface area contributed by atoms with Gasteiger partial charge in [-0.2, -0.15) is 0 Å². The van der Waals surface area contributed by atoms with E-state index in [0.717, 1.165) is 32.1 Å². The van der Waals surface area contributed by atoms with Crippen molar-refractivity contribution < 1.29 is 14.7 Å². The fraction of sp³-hybridized carbons (Fsp3) is 0.846. The molecule has 1 fully saturated rings. The number of carboxylic acids is 1. The zero-order chi connectivity index (χ0) is 12.9. The van der Waals surface area contributed by atoms with E-state index in [1.54, 1.807) is 0 Å². The summed E-state index contributed by atoms with van der Waals surface area (Å²) in [6, 6.07) is 0. The molecular formula is C13H23NO3. The van der Waals surface area contributed by atoms with Crippen LogP contribution in [0.4, 0.5) is 0 Å². The minimum Gasteiger partial charge on any atom is -0.480 e. The largest absolute Gasteiger partial charge is 0.480 e. The molecule has 0 aromatic rings. The van der Waals surface area contributed by atoms with Gasteiger partial charge in [-0.05, 0) is 32.1 Å². The molecule has 2 N–H and O–H groups in total. The first-order chi connectivity index (χ1) is 8.05. The summed E-state index contributed by atoms with van der Waals surface area (Å²) in [7, 11) is 0. The van der Waals surface area contributed by atoms with Crippen molar-refractivity contribution in [2.45, 2.75) is 64.3 Å². The Morgan fingerprint density at radius 2 is 2.00 bits per heavy atom.